The number of esters is 1. The Labute approximate surface area is 108 Å². The first-order valence-electron chi connectivity index (χ1n) is 6.19. The number of methoxy groups -OCH3 is 1. The molecule has 0 fully saturated rings. The lowest BCUT2D eigenvalue weighted by molar-refractivity contribution is -0.144. The highest BCUT2D eigenvalue weighted by Crippen LogP contribution is 1.93. The minimum atomic E-state index is -0.337. The third-order valence-electron chi connectivity index (χ3n) is 2.08. The zero-order valence-electron chi connectivity index (χ0n) is 11.2. The molecule has 0 aromatic heterocycles. The maximum atomic E-state index is 11.3. The molecular formula is C12H23NO5. The molecule has 0 saturated carbocycles. The Morgan fingerprint density at radius 1 is 1.11 bits per heavy atom. The first-order valence-corrected chi connectivity index (χ1v) is 6.19. The van der Waals surface area contributed by atoms with E-state index >= 15 is 0 Å². The molecule has 6 nitrogen and oxygen atoms in total. The van der Waals surface area contributed by atoms with Crippen molar-refractivity contribution in [2.45, 2.75) is 26.2 Å². The lowest BCUT2D eigenvalue weighted by Gasteiger charge is -2.06. The number of hydrogen-bond donors (Lipinski definition) is 1. The van der Waals surface area contributed by atoms with E-state index in [0.717, 1.165) is 6.42 Å². The second-order valence-corrected chi connectivity index (χ2v) is 3.61. The van der Waals surface area contributed by atoms with Crippen LogP contribution in [0.15, 0.2) is 0 Å². The van der Waals surface area contributed by atoms with E-state index in [2.05, 4.69) is 5.32 Å². The Balaban J connectivity index is 3.29. The third-order valence-corrected chi connectivity index (χ3v) is 2.08. The molecule has 0 saturated heterocycles. The molecule has 0 spiro atoms. The second-order valence-electron chi connectivity index (χ2n) is 3.61. The summed E-state index contributed by atoms with van der Waals surface area (Å²) in [6.07, 6.45) is 1.04. The van der Waals surface area contributed by atoms with E-state index in [1.807, 2.05) is 0 Å². The molecule has 0 radical (unpaired) electrons. The van der Waals surface area contributed by atoms with E-state index in [1.165, 1.54) is 0 Å². The summed E-state index contributed by atoms with van der Waals surface area (Å²) in [5, 5.41) is 2.71. The molecular weight excluding hydrogens is 238 g/mol. The number of ether oxygens (including phenoxy) is 3. The van der Waals surface area contributed by atoms with Gasteiger partial charge in [-0.25, -0.2) is 0 Å². The van der Waals surface area contributed by atoms with Crippen molar-refractivity contribution in [1.82, 2.24) is 5.32 Å². The summed E-state index contributed by atoms with van der Waals surface area (Å²) in [5.41, 5.74) is 0. The molecule has 0 aliphatic rings. The number of amides is 1. The van der Waals surface area contributed by atoms with Crippen molar-refractivity contribution in [2.75, 3.05) is 40.1 Å². The normalized spacial score (nSPS) is 10.1. The summed E-state index contributed by atoms with van der Waals surface area (Å²) < 4.78 is 14.8. The second kappa shape index (κ2) is 12.3. The van der Waals surface area contributed by atoms with E-state index in [0.29, 0.717) is 33.0 Å². The zero-order chi connectivity index (χ0) is 13.6. The van der Waals surface area contributed by atoms with E-state index in [1.54, 1.807) is 14.0 Å². The van der Waals surface area contributed by atoms with Crippen molar-refractivity contribution in [3.05, 3.63) is 0 Å². The molecule has 1 N–H and O–H groups in total. The van der Waals surface area contributed by atoms with E-state index < -0.39 is 0 Å². The Morgan fingerprint density at radius 3 is 2.56 bits per heavy atom. The standard InChI is InChI=1S/C12H23NO5/c1-3-18-12(15)6-5-11(14)13-7-4-8-17-10-9-16-2/h3-10H2,1-2H3,(H,13,14). The van der Waals surface area contributed by atoms with Gasteiger partial charge in [-0.05, 0) is 13.3 Å². The summed E-state index contributed by atoms with van der Waals surface area (Å²) in [4.78, 5) is 22.3. The highest BCUT2D eigenvalue weighted by Gasteiger charge is 2.06. The van der Waals surface area contributed by atoms with Crippen LogP contribution in [0, 0.1) is 0 Å². The number of hydrogen-bond acceptors (Lipinski definition) is 5. The van der Waals surface area contributed by atoms with Crippen LogP contribution in [0.2, 0.25) is 0 Å². The Bertz CT molecular complexity index is 233. The first-order chi connectivity index (χ1) is 8.70. The summed E-state index contributed by atoms with van der Waals surface area (Å²) >= 11 is 0. The van der Waals surface area contributed by atoms with Gasteiger partial charge in [0.1, 0.15) is 0 Å². The molecule has 0 rings (SSSR count). The van der Waals surface area contributed by atoms with Gasteiger partial charge < -0.3 is 19.5 Å². The van der Waals surface area contributed by atoms with Crippen LogP contribution in [0.25, 0.3) is 0 Å². The van der Waals surface area contributed by atoms with E-state index in [9.17, 15) is 9.59 Å². The zero-order valence-corrected chi connectivity index (χ0v) is 11.2. The molecule has 0 unspecified atom stereocenters. The monoisotopic (exact) mass is 261 g/mol. The molecule has 106 valence electrons. The van der Waals surface area contributed by atoms with Crippen molar-refractivity contribution >= 4 is 11.9 Å². The predicted molar refractivity (Wildman–Crippen MR) is 66.2 cm³/mol. The molecule has 0 heterocycles. The maximum Gasteiger partial charge on any atom is 0.306 e. The summed E-state index contributed by atoms with van der Waals surface area (Å²) in [5.74, 6) is -0.476. The smallest absolute Gasteiger partial charge is 0.306 e. The van der Waals surface area contributed by atoms with Crippen LogP contribution in [0.5, 0.6) is 0 Å². The van der Waals surface area contributed by atoms with Crippen molar-refractivity contribution in [2.24, 2.45) is 0 Å². The topological polar surface area (TPSA) is 73.9 Å². The van der Waals surface area contributed by atoms with Gasteiger partial charge in [0.25, 0.3) is 0 Å². The van der Waals surface area contributed by atoms with Crippen molar-refractivity contribution in [3.63, 3.8) is 0 Å². The van der Waals surface area contributed by atoms with Gasteiger partial charge in [0.2, 0.25) is 5.91 Å². The van der Waals surface area contributed by atoms with Crippen molar-refractivity contribution < 1.29 is 23.8 Å². The van der Waals surface area contributed by atoms with E-state index in [-0.39, 0.29) is 24.7 Å². The average Bonchev–Trinajstić information content (AvgIpc) is 2.35. The largest absolute Gasteiger partial charge is 0.466 e. The Morgan fingerprint density at radius 2 is 1.89 bits per heavy atom. The highest BCUT2D eigenvalue weighted by atomic mass is 16.5. The fraction of sp³-hybridized carbons (Fsp3) is 0.833. The molecule has 6 heteroatoms. The van der Waals surface area contributed by atoms with Gasteiger partial charge in [-0.1, -0.05) is 0 Å². The lowest BCUT2D eigenvalue weighted by Crippen LogP contribution is -2.26. The molecule has 18 heavy (non-hydrogen) atoms. The number of nitrogens with one attached hydrogen (secondary N) is 1. The molecule has 0 atom stereocenters. The van der Waals surface area contributed by atoms with Gasteiger partial charge in [-0.2, -0.15) is 0 Å². The molecule has 0 aromatic carbocycles. The number of carbonyl (C=O) groups excluding carboxylic acids is 2. The van der Waals surface area contributed by atoms with Crippen LogP contribution in [-0.4, -0.2) is 52.0 Å². The molecule has 0 aromatic rings. The highest BCUT2D eigenvalue weighted by molar-refractivity contribution is 5.81. The fourth-order valence-electron chi connectivity index (χ4n) is 1.18. The summed E-state index contributed by atoms with van der Waals surface area (Å²) in [6.45, 7) is 4.36. The van der Waals surface area contributed by atoms with Crippen LogP contribution in [0.4, 0.5) is 0 Å². The van der Waals surface area contributed by atoms with Crippen LogP contribution < -0.4 is 5.32 Å². The summed E-state index contributed by atoms with van der Waals surface area (Å²) in [6, 6.07) is 0. The average molecular weight is 261 g/mol. The van der Waals surface area contributed by atoms with Gasteiger partial charge >= 0.3 is 5.97 Å². The third kappa shape index (κ3) is 11.3. The van der Waals surface area contributed by atoms with Crippen molar-refractivity contribution in [3.8, 4) is 0 Å². The SMILES string of the molecule is CCOC(=O)CCC(=O)NCCCOCCOC. The minimum absolute atomic E-state index is 0.129. The van der Waals surface area contributed by atoms with Crippen LogP contribution in [0.3, 0.4) is 0 Å². The molecule has 0 aliphatic heterocycles. The molecule has 0 aliphatic carbocycles. The lowest BCUT2D eigenvalue weighted by atomic mass is 10.3. The summed E-state index contributed by atoms with van der Waals surface area (Å²) in [7, 11) is 1.62. The Kier molecular flexibility index (Phi) is 11.5. The van der Waals surface area contributed by atoms with E-state index in [4.69, 9.17) is 14.2 Å². The van der Waals surface area contributed by atoms with Gasteiger partial charge in [0.05, 0.1) is 26.2 Å². The van der Waals surface area contributed by atoms with Crippen LogP contribution >= 0.6 is 0 Å². The van der Waals surface area contributed by atoms with Gasteiger partial charge in [0.15, 0.2) is 0 Å². The first kappa shape index (κ1) is 16.9. The van der Waals surface area contributed by atoms with Crippen LogP contribution in [0.1, 0.15) is 26.2 Å². The van der Waals surface area contributed by atoms with Gasteiger partial charge in [-0.15, -0.1) is 0 Å². The van der Waals surface area contributed by atoms with Gasteiger partial charge in [-0.3, -0.25) is 9.59 Å². The maximum absolute atomic E-state index is 11.3. The number of carbonyl (C=O) groups is 2. The minimum Gasteiger partial charge on any atom is -0.466 e. The van der Waals surface area contributed by atoms with Gasteiger partial charge in [0, 0.05) is 26.7 Å². The molecule has 0 bridgehead atoms. The number of rotatable bonds is 11. The van der Waals surface area contributed by atoms with Crippen LogP contribution in [-0.2, 0) is 23.8 Å². The fourth-order valence-corrected chi connectivity index (χ4v) is 1.18. The Hall–Kier alpha value is -1.14. The quantitative estimate of drug-likeness (QED) is 0.433. The van der Waals surface area contributed by atoms with Crippen molar-refractivity contribution in [1.29, 1.82) is 0 Å². The molecule has 1 amide bonds. The predicted octanol–water partition coefficient (Wildman–Crippen LogP) is 0.499.